The van der Waals surface area contributed by atoms with Gasteiger partial charge in [-0.05, 0) is 25.0 Å². The van der Waals surface area contributed by atoms with Crippen molar-refractivity contribution in [1.82, 2.24) is 9.97 Å². The largest absolute Gasteiger partial charge is 0.497 e. The molecule has 4 nitrogen and oxygen atoms in total. The van der Waals surface area contributed by atoms with Gasteiger partial charge in [-0.3, -0.25) is 0 Å². The van der Waals surface area contributed by atoms with Gasteiger partial charge in [-0.25, -0.2) is 4.98 Å². The number of methoxy groups -OCH3 is 1. The molecule has 1 heterocycles. The molecule has 0 unspecified atom stereocenters. The number of aromatic nitrogens is 2. The van der Waals surface area contributed by atoms with E-state index in [1.165, 1.54) is 0 Å². The van der Waals surface area contributed by atoms with E-state index in [4.69, 9.17) is 21.1 Å². The zero-order chi connectivity index (χ0) is 13.2. The predicted molar refractivity (Wildman–Crippen MR) is 72.1 cm³/mol. The van der Waals surface area contributed by atoms with Crippen LogP contribution in [0.4, 0.5) is 0 Å². The van der Waals surface area contributed by atoms with E-state index < -0.39 is 0 Å². The highest BCUT2D eigenvalue weighted by molar-refractivity contribution is 6.29. The Balaban J connectivity index is 1.85. The van der Waals surface area contributed by atoms with Gasteiger partial charge in [0.05, 0.1) is 7.11 Å². The minimum Gasteiger partial charge on any atom is -0.497 e. The van der Waals surface area contributed by atoms with Crippen molar-refractivity contribution in [2.24, 2.45) is 0 Å². The first-order chi connectivity index (χ1) is 9.24. The summed E-state index contributed by atoms with van der Waals surface area (Å²) in [4.78, 5) is 8.61. The Morgan fingerprint density at radius 1 is 1.16 bits per heavy atom. The van der Waals surface area contributed by atoms with Crippen molar-refractivity contribution >= 4 is 11.6 Å². The number of ether oxygens (including phenoxy) is 2. The average molecular weight is 277 g/mol. The number of hydrogen-bond donors (Lipinski definition) is 0. The van der Waals surface area contributed by atoms with Crippen LogP contribution in [0.1, 0.15) is 24.6 Å². The van der Waals surface area contributed by atoms with Gasteiger partial charge in [0.25, 0.3) is 0 Å². The van der Waals surface area contributed by atoms with Crippen LogP contribution in [0.2, 0.25) is 5.15 Å². The highest BCUT2D eigenvalue weighted by Crippen LogP contribution is 2.39. The Hall–Kier alpha value is -1.81. The molecule has 0 N–H and O–H groups in total. The summed E-state index contributed by atoms with van der Waals surface area (Å²) in [6, 6.07) is 8.98. The van der Waals surface area contributed by atoms with Crippen LogP contribution < -0.4 is 9.47 Å². The lowest BCUT2D eigenvalue weighted by Crippen LogP contribution is -1.96. The Labute approximate surface area is 116 Å². The first-order valence-electron chi connectivity index (χ1n) is 6.11. The van der Waals surface area contributed by atoms with Gasteiger partial charge in [0.15, 0.2) is 0 Å². The maximum Gasteiger partial charge on any atom is 0.224 e. The van der Waals surface area contributed by atoms with Crippen LogP contribution in [0.5, 0.6) is 17.4 Å². The molecule has 2 aromatic rings. The van der Waals surface area contributed by atoms with E-state index in [1.807, 2.05) is 18.2 Å². The van der Waals surface area contributed by atoms with Crippen LogP contribution in [-0.4, -0.2) is 17.1 Å². The highest BCUT2D eigenvalue weighted by Gasteiger charge is 2.27. The molecule has 1 aromatic carbocycles. The van der Waals surface area contributed by atoms with Gasteiger partial charge < -0.3 is 9.47 Å². The summed E-state index contributed by atoms with van der Waals surface area (Å²) in [5.74, 6) is 3.07. The summed E-state index contributed by atoms with van der Waals surface area (Å²) < 4.78 is 10.9. The van der Waals surface area contributed by atoms with Gasteiger partial charge in [-0.1, -0.05) is 17.7 Å². The Kier molecular flexibility index (Phi) is 3.25. The molecule has 0 saturated heterocycles. The van der Waals surface area contributed by atoms with Crippen LogP contribution in [0.25, 0.3) is 0 Å². The summed E-state index contributed by atoms with van der Waals surface area (Å²) in [7, 11) is 1.62. The monoisotopic (exact) mass is 276 g/mol. The molecule has 1 aliphatic rings. The zero-order valence-corrected chi connectivity index (χ0v) is 11.2. The van der Waals surface area contributed by atoms with Crippen molar-refractivity contribution in [1.29, 1.82) is 0 Å². The minimum absolute atomic E-state index is 0.412. The molecule has 5 heteroatoms. The lowest BCUT2D eigenvalue weighted by molar-refractivity contribution is 0.407. The van der Waals surface area contributed by atoms with E-state index in [2.05, 4.69) is 9.97 Å². The van der Waals surface area contributed by atoms with Crippen molar-refractivity contribution < 1.29 is 9.47 Å². The second-order valence-corrected chi connectivity index (χ2v) is 4.83. The molecule has 1 fully saturated rings. The predicted octanol–water partition coefficient (Wildman–Crippen LogP) is 3.81. The van der Waals surface area contributed by atoms with E-state index in [-0.39, 0.29) is 0 Å². The number of benzene rings is 1. The molecule has 0 amide bonds. The molecule has 1 aromatic heterocycles. The highest BCUT2D eigenvalue weighted by atomic mass is 35.5. The Morgan fingerprint density at radius 3 is 2.68 bits per heavy atom. The number of nitrogens with zero attached hydrogens (tertiary/aromatic N) is 2. The fourth-order valence-corrected chi connectivity index (χ4v) is 1.96. The minimum atomic E-state index is 0.412. The molecule has 1 aliphatic carbocycles. The maximum atomic E-state index is 5.99. The fraction of sp³-hybridized carbons (Fsp3) is 0.286. The summed E-state index contributed by atoms with van der Waals surface area (Å²) in [5.41, 5.74) is 0. The molecule has 19 heavy (non-hydrogen) atoms. The van der Waals surface area contributed by atoms with Crippen molar-refractivity contribution in [2.45, 2.75) is 18.8 Å². The molecular weight excluding hydrogens is 264 g/mol. The van der Waals surface area contributed by atoms with Gasteiger partial charge in [0, 0.05) is 18.1 Å². The van der Waals surface area contributed by atoms with Crippen molar-refractivity contribution in [3.05, 3.63) is 41.3 Å². The van der Waals surface area contributed by atoms with Crippen molar-refractivity contribution in [3.63, 3.8) is 0 Å². The second-order valence-electron chi connectivity index (χ2n) is 4.44. The van der Waals surface area contributed by atoms with Crippen molar-refractivity contribution in [3.8, 4) is 17.4 Å². The van der Waals surface area contributed by atoms with E-state index in [9.17, 15) is 0 Å². The molecule has 0 aliphatic heterocycles. The Bertz CT molecular complexity index is 600. The smallest absolute Gasteiger partial charge is 0.224 e. The van der Waals surface area contributed by atoms with Gasteiger partial charge >= 0.3 is 0 Å². The first-order valence-corrected chi connectivity index (χ1v) is 6.49. The Morgan fingerprint density at radius 2 is 1.95 bits per heavy atom. The third kappa shape index (κ3) is 2.96. The van der Waals surface area contributed by atoms with E-state index >= 15 is 0 Å². The molecule has 98 valence electrons. The number of hydrogen-bond acceptors (Lipinski definition) is 4. The van der Waals surface area contributed by atoms with Gasteiger partial charge in [-0.15, -0.1) is 0 Å². The second kappa shape index (κ2) is 5.05. The topological polar surface area (TPSA) is 44.2 Å². The van der Waals surface area contributed by atoms with Gasteiger partial charge in [0.1, 0.15) is 22.5 Å². The van der Waals surface area contributed by atoms with Crippen LogP contribution in [0.15, 0.2) is 30.3 Å². The van der Waals surface area contributed by atoms with Gasteiger partial charge in [-0.2, -0.15) is 4.98 Å². The van der Waals surface area contributed by atoms with E-state index in [1.54, 1.807) is 19.2 Å². The third-order valence-electron chi connectivity index (χ3n) is 2.89. The van der Waals surface area contributed by atoms with Crippen LogP contribution in [-0.2, 0) is 0 Å². The van der Waals surface area contributed by atoms with E-state index in [0.29, 0.717) is 22.7 Å². The molecule has 0 atom stereocenters. The molecular formula is C14H13ClN2O2. The summed E-state index contributed by atoms with van der Waals surface area (Å²) in [6.45, 7) is 0. The lowest BCUT2D eigenvalue weighted by atomic mass is 10.3. The standard InChI is InChI=1S/C14H13ClN2O2/c1-18-10-3-2-4-11(7-10)19-13-8-12(15)16-14(17-13)9-5-6-9/h2-4,7-9H,5-6H2,1H3. The zero-order valence-electron chi connectivity index (χ0n) is 10.5. The first kappa shape index (κ1) is 12.2. The summed E-state index contributed by atoms with van der Waals surface area (Å²) >= 11 is 5.99. The molecule has 0 spiro atoms. The molecule has 0 bridgehead atoms. The third-order valence-corrected chi connectivity index (χ3v) is 3.09. The lowest BCUT2D eigenvalue weighted by Gasteiger charge is -2.07. The average Bonchev–Trinajstić information content (AvgIpc) is 3.22. The van der Waals surface area contributed by atoms with Crippen LogP contribution in [0.3, 0.4) is 0 Å². The number of halogens is 1. The molecule has 3 rings (SSSR count). The molecule has 1 saturated carbocycles. The number of rotatable bonds is 4. The summed E-state index contributed by atoms with van der Waals surface area (Å²) in [6.07, 6.45) is 2.25. The SMILES string of the molecule is COc1cccc(Oc2cc(Cl)nc(C3CC3)n2)c1. The van der Waals surface area contributed by atoms with Crippen molar-refractivity contribution in [2.75, 3.05) is 7.11 Å². The van der Waals surface area contributed by atoms with Crippen LogP contribution >= 0.6 is 11.6 Å². The quantitative estimate of drug-likeness (QED) is 0.797. The maximum absolute atomic E-state index is 5.99. The van der Waals surface area contributed by atoms with Crippen LogP contribution in [0, 0.1) is 0 Å². The fourth-order valence-electron chi connectivity index (χ4n) is 1.78. The molecule has 0 radical (unpaired) electrons. The summed E-state index contributed by atoms with van der Waals surface area (Å²) in [5, 5.41) is 0.412. The van der Waals surface area contributed by atoms with E-state index in [0.717, 1.165) is 24.4 Å². The normalized spacial score (nSPS) is 14.2. The van der Waals surface area contributed by atoms with Gasteiger partial charge in [0.2, 0.25) is 5.88 Å².